The van der Waals surface area contributed by atoms with E-state index < -0.39 is 0 Å². The minimum atomic E-state index is -0.376. The zero-order valence-electron chi connectivity index (χ0n) is 13.9. The maximum Gasteiger partial charge on any atom is 0.232 e. The zero-order chi connectivity index (χ0) is 17.6. The molecule has 1 heterocycles. The molecule has 0 unspecified atom stereocenters. The predicted molar refractivity (Wildman–Crippen MR) is 94.6 cm³/mol. The maximum atomic E-state index is 13.4. The molecule has 1 N–H and O–H groups in total. The number of oxazole rings is 1. The number of nitrogens with one attached hydrogen (secondary N) is 1. The van der Waals surface area contributed by atoms with Crippen LogP contribution in [0.1, 0.15) is 30.5 Å². The molecule has 0 aliphatic rings. The molecular formula is C20H18FN3O. The number of hydrogen-bond donors (Lipinski definition) is 1. The van der Waals surface area contributed by atoms with Gasteiger partial charge in [0.1, 0.15) is 11.9 Å². The molecule has 0 radical (unpaired) electrons. The standard InChI is InChI=1S/C20H18FN3O/c1-2-14(15-7-4-3-5-8-15)13-23-20-18(12-22)24-19(25-20)16-9-6-10-17(21)11-16/h3-11,14,23H,2,13H2,1H3/t14-/m1/s1. The van der Waals surface area contributed by atoms with Crippen molar-refractivity contribution in [2.75, 3.05) is 11.9 Å². The van der Waals surface area contributed by atoms with Crippen molar-refractivity contribution in [2.24, 2.45) is 0 Å². The molecule has 126 valence electrons. The van der Waals surface area contributed by atoms with Gasteiger partial charge in [-0.1, -0.05) is 43.3 Å². The molecule has 0 saturated carbocycles. The molecule has 1 atom stereocenters. The Hall–Kier alpha value is -3.13. The van der Waals surface area contributed by atoms with Crippen molar-refractivity contribution < 1.29 is 8.81 Å². The molecule has 0 amide bonds. The number of nitrogens with zero attached hydrogens (tertiary/aromatic N) is 2. The highest BCUT2D eigenvalue weighted by molar-refractivity contribution is 5.58. The highest BCUT2D eigenvalue weighted by Gasteiger charge is 2.16. The third kappa shape index (κ3) is 3.86. The average molecular weight is 335 g/mol. The summed E-state index contributed by atoms with van der Waals surface area (Å²) >= 11 is 0. The van der Waals surface area contributed by atoms with E-state index in [1.807, 2.05) is 24.3 Å². The van der Waals surface area contributed by atoms with Crippen LogP contribution in [0.25, 0.3) is 11.5 Å². The Morgan fingerprint density at radius 2 is 2.00 bits per heavy atom. The van der Waals surface area contributed by atoms with E-state index >= 15 is 0 Å². The number of nitriles is 1. The summed E-state index contributed by atoms with van der Waals surface area (Å²) in [6.45, 7) is 2.73. The van der Waals surface area contributed by atoms with Crippen LogP contribution in [0.5, 0.6) is 0 Å². The Bertz CT molecular complexity index is 883. The van der Waals surface area contributed by atoms with Gasteiger partial charge in [-0.05, 0) is 30.2 Å². The molecule has 25 heavy (non-hydrogen) atoms. The number of benzene rings is 2. The fourth-order valence-corrected chi connectivity index (χ4v) is 2.70. The van der Waals surface area contributed by atoms with Crippen LogP contribution in [0, 0.1) is 17.1 Å². The lowest BCUT2D eigenvalue weighted by molar-refractivity contribution is 0.575. The fraction of sp³-hybridized carbons (Fsp3) is 0.200. The van der Waals surface area contributed by atoms with Gasteiger partial charge in [-0.3, -0.25) is 0 Å². The van der Waals surface area contributed by atoms with E-state index in [-0.39, 0.29) is 23.3 Å². The van der Waals surface area contributed by atoms with Crippen LogP contribution in [-0.4, -0.2) is 11.5 Å². The topological polar surface area (TPSA) is 61.9 Å². The molecule has 0 bridgehead atoms. The van der Waals surface area contributed by atoms with Gasteiger partial charge in [0.25, 0.3) is 0 Å². The molecule has 3 aromatic rings. The van der Waals surface area contributed by atoms with Crippen molar-refractivity contribution >= 4 is 5.88 Å². The van der Waals surface area contributed by atoms with Gasteiger partial charge in [0.05, 0.1) is 0 Å². The summed E-state index contributed by atoms with van der Waals surface area (Å²) in [4.78, 5) is 4.16. The molecule has 1 aromatic heterocycles. The van der Waals surface area contributed by atoms with Crippen LogP contribution < -0.4 is 5.32 Å². The molecule has 0 spiro atoms. The van der Waals surface area contributed by atoms with Crippen molar-refractivity contribution in [1.29, 1.82) is 5.26 Å². The minimum Gasteiger partial charge on any atom is -0.419 e. The van der Waals surface area contributed by atoms with Gasteiger partial charge in [-0.25, -0.2) is 4.39 Å². The fourth-order valence-electron chi connectivity index (χ4n) is 2.70. The average Bonchev–Trinajstić information content (AvgIpc) is 3.06. The molecule has 2 aromatic carbocycles. The van der Waals surface area contributed by atoms with Gasteiger partial charge in [0.15, 0.2) is 0 Å². The first-order valence-electron chi connectivity index (χ1n) is 8.17. The summed E-state index contributed by atoms with van der Waals surface area (Å²) in [5, 5.41) is 12.5. The van der Waals surface area contributed by atoms with E-state index in [4.69, 9.17) is 4.42 Å². The van der Waals surface area contributed by atoms with E-state index in [1.165, 1.54) is 17.7 Å². The third-order valence-electron chi connectivity index (χ3n) is 4.08. The van der Waals surface area contributed by atoms with Gasteiger partial charge in [0.2, 0.25) is 17.5 Å². The van der Waals surface area contributed by atoms with Crippen LogP contribution in [-0.2, 0) is 0 Å². The minimum absolute atomic E-state index is 0.169. The number of halogens is 1. The summed E-state index contributed by atoms with van der Waals surface area (Å²) in [5.41, 5.74) is 1.89. The van der Waals surface area contributed by atoms with Gasteiger partial charge in [-0.2, -0.15) is 10.2 Å². The van der Waals surface area contributed by atoms with Gasteiger partial charge in [-0.15, -0.1) is 0 Å². The molecule has 0 aliphatic carbocycles. The number of hydrogen-bond acceptors (Lipinski definition) is 4. The molecule has 4 nitrogen and oxygen atoms in total. The second-order valence-electron chi connectivity index (χ2n) is 5.72. The van der Waals surface area contributed by atoms with Crippen molar-refractivity contribution in [3.8, 4) is 17.5 Å². The normalized spacial score (nSPS) is 11.7. The first-order valence-corrected chi connectivity index (χ1v) is 8.17. The van der Waals surface area contributed by atoms with Crippen LogP contribution in [0.3, 0.4) is 0 Å². The lowest BCUT2D eigenvalue weighted by atomic mass is 9.96. The monoisotopic (exact) mass is 335 g/mol. The Morgan fingerprint density at radius 3 is 2.68 bits per heavy atom. The van der Waals surface area contributed by atoms with Crippen molar-refractivity contribution in [2.45, 2.75) is 19.3 Å². The Labute approximate surface area is 145 Å². The van der Waals surface area contributed by atoms with Crippen LogP contribution >= 0.6 is 0 Å². The lowest BCUT2D eigenvalue weighted by Gasteiger charge is -2.15. The summed E-state index contributed by atoms with van der Waals surface area (Å²) in [6.07, 6.45) is 0.948. The smallest absolute Gasteiger partial charge is 0.232 e. The van der Waals surface area contributed by atoms with E-state index in [1.54, 1.807) is 12.1 Å². The highest BCUT2D eigenvalue weighted by atomic mass is 19.1. The molecule has 5 heteroatoms. The number of aromatic nitrogens is 1. The van der Waals surface area contributed by atoms with Crippen LogP contribution in [0.4, 0.5) is 10.3 Å². The zero-order valence-corrected chi connectivity index (χ0v) is 13.9. The largest absolute Gasteiger partial charge is 0.419 e. The Balaban J connectivity index is 1.79. The van der Waals surface area contributed by atoms with Gasteiger partial charge < -0.3 is 9.73 Å². The second kappa shape index (κ2) is 7.63. The maximum absolute atomic E-state index is 13.4. The molecule has 0 aliphatic heterocycles. The Kier molecular flexibility index (Phi) is 5.10. The third-order valence-corrected chi connectivity index (χ3v) is 4.08. The SMILES string of the molecule is CC[C@H](CNc1oc(-c2cccc(F)c2)nc1C#N)c1ccccc1. The Morgan fingerprint density at radius 1 is 1.20 bits per heavy atom. The summed E-state index contributed by atoms with van der Waals surface area (Å²) in [6, 6.07) is 18.1. The predicted octanol–water partition coefficient (Wildman–Crippen LogP) is 4.96. The molecular weight excluding hydrogens is 317 g/mol. The van der Waals surface area contributed by atoms with E-state index in [2.05, 4.69) is 29.4 Å². The van der Waals surface area contributed by atoms with Crippen LogP contribution in [0.2, 0.25) is 0 Å². The van der Waals surface area contributed by atoms with Crippen molar-refractivity contribution in [3.05, 3.63) is 71.7 Å². The molecule has 3 rings (SSSR count). The van der Waals surface area contributed by atoms with Gasteiger partial charge in [0, 0.05) is 18.0 Å². The highest BCUT2D eigenvalue weighted by Crippen LogP contribution is 2.27. The first kappa shape index (κ1) is 16.7. The first-order chi connectivity index (χ1) is 12.2. The van der Waals surface area contributed by atoms with Gasteiger partial charge >= 0.3 is 0 Å². The summed E-state index contributed by atoms with van der Waals surface area (Å²) < 4.78 is 19.0. The van der Waals surface area contributed by atoms with E-state index in [0.29, 0.717) is 18.0 Å². The second-order valence-corrected chi connectivity index (χ2v) is 5.72. The van der Waals surface area contributed by atoms with E-state index in [0.717, 1.165) is 6.42 Å². The molecule has 0 saturated heterocycles. The van der Waals surface area contributed by atoms with Crippen molar-refractivity contribution in [1.82, 2.24) is 4.98 Å². The lowest BCUT2D eigenvalue weighted by Crippen LogP contribution is -2.12. The van der Waals surface area contributed by atoms with Crippen molar-refractivity contribution in [3.63, 3.8) is 0 Å². The van der Waals surface area contributed by atoms with Crippen LogP contribution in [0.15, 0.2) is 59.0 Å². The quantitative estimate of drug-likeness (QED) is 0.692. The molecule has 0 fully saturated rings. The summed E-state index contributed by atoms with van der Waals surface area (Å²) in [7, 11) is 0. The summed E-state index contributed by atoms with van der Waals surface area (Å²) in [5.74, 6) is 0.455. The van der Waals surface area contributed by atoms with E-state index in [9.17, 15) is 9.65 Å². The number of rotatable bonds is 6. The number of anilines is 1.